The zero-order chi connectivity index (χ0) is 32.7. The second kappa shape index (κ2) is 13.3. The summed E-state index contributed by atoms with van der Waals surface area (Å²) < 4.78 is 8.47. The van der Waals surface area contributed by atoms with Gasteiger partial charge < -0.3 is 14.0 Å². The molecular formula is C40H30IrN6OSi-2. The third-order valence-corrected chi connectivity index (χ3v) is 10.4. The number of fused-ring (bicyclic) bond motifs is 6. The SMILES string of the molecule is C[Si](C)(C)c1ccc(-c2[c-]cccc2)nc1.[Ir].[c-]1ccc2c(oc3c4ccccc4ccc23)c1-c1nc2nncnc2n1-c1ccccc1. The van der Waals surface area contributed by atoms with Gasteiger partial charge in [0.15, 0.2) is 5.65 Å². The Morgan fingerprint density at radius 1 is 0.694 bits per heavy atom. The van der Waals surface area contributed by atoms with Gasteiger partial charge in [0.2, 0.25) is 5.65 Å². The third kappa shape index (κ3) is 6.08. The van der Waals surface area contributed by atoms with Crippen molar-refractivity contribution >= 4 is 57.3 Å². The first kappa shape index (κ1) is 32.2. The number of pyridine rings is 1. The predicted molar refractivity (Wildman–Crippen MR) is 195 cm³/mol. The topological polar surface area (TPSA) is 82.5 Å². The van der Waals surface area contributed by atoms with Gasteiger partial charge in [-0.05, 0) is 28.4 Å². The fourth-order valence-electron chi connectivity index (χ4n) is 5.92. The van der Waals surface area contributed by atoms with Crippen molar-refractivity contribution in [1.82, 2.24) is 29.7 Å². The van der Waals surface area contributed by atoms with E-state index in [1.165, 1.54) is 11.5 Å². The summed E-state index contributed by atoms with van der Waals surface area (Å²) in [5.41, 5.74) is 6.45. The number of rotatable bonds is 4. The number of aromatic nitrogens is 6. The molecule has 0 bridgehead atoms. The fourth-order valence-corrected chi connectivity index (χ4v) is 6.95. The fraction of sp³-hybridized carbons (Fsp3) is 0.0750. The molecule has 0 spiro atoms. The predicted octanol–water partition coefficient (Wildman–Crippen LogP) is 8.82. The zero-order valence-electron chi connectivity index (χ0n) is 27.0. The van der Waals surface area contributed by atoms with Crippen LogP contribution >= 0.6 is 0 Å². The molecule has 49 heavy (non-hydrogen) atoms. The van der Waals surface area contributed by atoms with Gasteiger partial charge in [0.1, 0.15) is 11.9 Å². The number of benzene rings is 5. The van der Waals surface area contributed by atoms with Gasteiger partial charge in [0, 0.05) is 42.8 Å². The molecule has 5 aromatic carbocycles. The number of furan rings is 1. The Morgan fingerprint density at radius 2 is 1.49 bits per heavy atom. The summed E-state index contributed by atoms with van der Waals surface area (Å²) in [5, 5.41) is 13.8. The standard InChI is InChI=1S/C26H14N5O.C14H16NSi.Ir/c1-2-8-17(9-3-1)31-25(29-24-26(31)27-15-28-30-24)21-12-6-11-19-20-14-13-16-7-4-5-10-18(16)22(20)32-23(19)21;1-16(2,3)13-9-10-14(15-11-13)12-7-5-4-6-8-12;/h1-11,13-15H;4-7,9-11H,1-3H3;/q2*-1;. The van der Waals surface area contributed by atoms with Crippen LogP contribution in [0.2, 0.25) is 19.6 Å². The van der Waals surface area contributed by atoms with Gasteiger partial charge in [-0.3, -0.25) is 4.98 Å². The largest absolute Gasteiger partial charge is 0.500 e. The van der Waals surface area contributed by atoms with Crippen molar-refractivity contribution in [3.8, 4) is 28.3 Å². The molecule has 0 aliphatic heterocycles. The molecule has 0 saturated carbocycles. The van der Waals surface area contributed by atoms with E-state index in [-0.39, 0.29) is 20.1 Å². The molecule has 9 rings (SSSR count). The molecule has 0 amide bonds. The summed E-state index contributed by atoms with van der Waals surface area (Å²) in [7, 11) is -1.23. The molecule has 4 aromatic heterocycles. The molecular weight excluding hydrogens is 801 g/mol. The van der Waals surface area contributed by atoms with Crippen molar-refractivity contribution in [3.63, 3.8) is 0 Å². The van der Waals surface area contributed by atoms with Crippen LogP contribution in [-0.2, 0) is 20.1 Å². The van der Waals surface area contributed by atoms with E-state index in [0.29, 0.717) is 17.1 Å². The Balaban J connectivity index is 0.000000189. The normalized spacial score (nSPS) is 11.4. The Labute approximate surface area is 298 Å². The first-order valence-electron chi connectivity index (χ1n) is 15.8. The Bertz CT molecular complexity index is 2540. The molecule has 0 saturated heterocycles. The Hall–Kier alpha value is -5.34. The number of nitrogens with zero attached hydrogens (tertiary/aromatic N) is 6. The van der Waals surface area contributed by atoms with Gasteiger partial charge in [-0.2, -0.15) is 0 Å². The van der Waals surface area contributed by atoms with Crippen LogP contribution in [0.4, 0.5) is 0 Å². The van der Waals surface area contributed by atoms with Gasteiger partial charge in [0.05, 0.1) is 19.5 Å². The van der Waals surface area contributed by atoms with Gasteiger partial charge in [-0.25, -0.2) is 4.98 Å². The van der Waals surface area contributed by atoms with E-state index in [2.05, 4.69) is 88.3 Å². The zero-order valence-corrected chi connectivity index (χ0v) is 30.4. The maximum atomic E-state index is 6.50. The number of hydrogen-bond donors (Lipinski definition) is 0. The molecule has 7 nitrogen and oxygen atoms in total. The quantitative estimate of drug-likeness (QED) is 0.130. The maximum absolute atomic E-state index is 6.50. The number of para-hydroxylation sites is 1. The first-order valence-corrected chi connectivity index (χ1v) is 19.3. The van der Waals surface area contributed by atoms with E-state index in [1.807, 2.05) is 89.6 Å². The van der Waals surface area contributed by atoms with Crippen molar-refractivity contribution in [2.45, 2.75) is 19.6 Å². The average Bonchev–Trinajstić information content (AvgIpc) is 3.72. The molecule has 0 unspecified atom stereocenters. The van der Waals surface area contributed by atoms with E-state index in [1.54, 1.807) is 0 Å². The summed E-state index contributed by atoms with van der Waals surface area (Å²) in [6, 6.07) is 45.2. The molecule has 0 N–H and O–H groups in total. The first-order chi connectivity index (χ1) is 23.5. The molecule has 0 fully saturated rings. The van der Waals surface area contributed by atoms with E-state index >= 15 is 0 Å². The monoisotopic (exact) mass is 831 g/mol. The molecule has 1 radical (unpaired) electrons. The van der Waals surface area contributed by atoms with Gasteiger partial charge in [-0.15, -0.1) is 64.3 Å². The minimum absolute atomic E-state index is 0. The second-order valence-electron chi connectivity index (χ2n) is 12.5. The van der Waals surface area contributed by atoms with Crippen molar-refractivity contribution in [2.75, 3.05) is 0 Å². The van der Waals surface area contributed by atoms with E-state index in [4.69, 9.17) is 9.40 Å². The number of imidazole rings is 1. The van der Waals surface area contributed by atoms with Crippen molar-refractivity contribution < 1.29 is 24.5 Å². The van der Waals surface area contributed by atoms with Crippen molar-refractivity contribution in [3.05, 3.63) is 140 Å². The van der Waals surface area contributed by atoms with Crippen LogP contribution in [-0.4, -0.2) is 37.8 Å². The van der Waals surface area contributed by atoms with E-state index in [9.17, 15) is 0 Å². The summed E-state index contributed by atoms with van der Waals surface area (Å²) in [4.78, 5) is 13.7. The summed E-state index contributed by atoms with van der Waals surface area (Å²) in [5.74, 6) is 0.660. The number of hydrogen-bond acceptors (Lipinski definition) is 6. The average molecular weight is 831 g/mol. The molecule has 9 aromatic rings. The smallest absolute Gasteiger partial charge is 0.210 e. The summed E-state index contributed by atoms with van der Waals surface area (Å²) in [6.07, 6.45) is 3.45. The third-order valence-electron chi connectivity index (χ3n) is 8.40. The van der Waals surface area contributed by atoms with Crippen LogP contribution in [0.1, 0.15) is 0 Å². The van der Waals surface area contributed by atoms with Crippen LogP contribution in [0.3, 0.4) is 0 Å². The van der Waals surface area contributed by atoms with Crippen LogP contribution < -0.4 is 5.19 Å². The van der Waals surface area contributed by atoms with E-state index < -0.39 is 8.07 Å². The second-order valence-corrected chi connectivity index (χ2v) is 17.6. The van der Waals surface area contributed by atoms with Gasteiger partial charge in [0.25, 0.3) is 0 Å². The Kier molecular flexibility index (Phi) is 8.73. The molecule has 0 aliphatic rings. The minimum atomic E-state index is -1.23. The van der Waals surface area contributed by atoms with E-state index in [0.717, 1.165) is 55.2 Å². The molecule has 241 valence electrons. The van der Waals surface area contributed by atoms with Crippen molar-refractivity contribution in [2.24, 2.45) is 0 Å². The van der Waals surface area contributed by atoms with Gasteiger partial charge in [-0.1, -0.05) is 97.3 Å². The molecule has 9 heteroatoms. The minimum Gasteiger partial charge on any atom is -0.500 e. The molecule has 4 heterocycles. The maximum Gasteiger partial charge on any atom is 0.210 e. The van der Waals surface area contributed by atoms with Crippen LogP contribution in [0.15, 0.2) is 132 Å². The molecule has 0 aliphatic carbocycles. The summed E-state index contributed by atoms with van der Waals surface area (Å²) in [6.45, 7) is 7.00. The van der Waals surface area contributed by atoms with Crippen molar-refractivity contribution in [1.29, 1.82) is 0 Å². The molecule has 0 atom stereocenters. The van der Waals surface area contributed by atoms with Crippen LogP contribution in [0.5, 0.6) is 0 Å². The van der Waals surface area contributed by atoms with Crippen LogP contribution in [0.25, 0.3) is 72.3 Å². The van der Waals surface area contributed by atoms with Gasteiger partial charge >= 0.3 is 0 Å². The Morgan fingerprint density at radius 3 is 2.27 bits per heavy atom. The summed E-state index contributed by atoms with van der Waals surface area (Å²) >= 11 is 0. The van der Waals surface area contributed by atoms with Crippen LogP contribution in [0, 0.1) is 12.1 Å².